The van der Waals surface area contributed by atoms with E-state index in [4.69, 9.17) is 118 Å². The van der Waals surface area contributed by atoms with Gasteiger partial charge in [-0.1, -0.05) is 96.1 Å². The molecule has 0 bridgehead atoms. The largest absolute Gasteiger partial charge is 0.507 e. The second kappa shape index (κ2) is 34.2. The lowest BCUT2D eigenvalue weighted by Crippen LogP contribution is -2.12. The van der Waals surface area contributed by atoms with Crippen molar-refractivity contribution in [1.29, 1.82) is 0 Å². The van der Waals surface area contributed by atoms with E-state index in [-0.39, 0.29) is 92.4 Å². The van der Waals surface area contributed by atoms with Crippen molar-refractivity contribution >= 4 is 163 Å². The highest BCUT2D eigenvalue weighted by Gasteiger charge is 2.16. The number of amides is 2. The molecule has 0 fully saturated rings. The molecule has 0 aliphatic rings. The van der Waals surface area contributed by atoms with Crippen molar-refractivity contribution in [2.24, 2.45) is 0 Å². The highest BCUT2D eigenvalue weighted by molar-refractivity contribution is 8.26. The first-order valence-corrected chi connectivity index (χ1v) is 24.8. The maximum Gasteiger partial charge on any atom is 0.339 e. The summed E-state index contributed by atoms with van der Waals surface area (Å²) in [4.78, 5) is 44.8. The van der Waals surface area contributed by atoms with E-state index < -0.39 is 43.9 Å². The molecule has 27 heteroatoms. The maximum atomic E-state index is 12.9. The summed E-state index contributed by atoms with van der Waals surface area (Å²) in [7, 11) is 7.36. The summed E-state index contributed by atoms with van der Waals surface area (Å²) in [6.45, 7) is 0. The van der Waals surface area contributed by atoms with Crippen LogP contribution in [-0.4, -0.2) is 52.8 Å². The highest BCUT2D eigenvalue weighted by Crippen LogP contribution is 2.29. The number of hydrogen-bond donors (Lipinski definition) is 8. The number of carboxylic acids is 1. The number of carboxylic acid groups (broad SMARTS) is 1. The number of carbonyl (C=O) groups excluding carboxylic acids is 3. The number of anilines is 3. The third kappa shape index (κ3) is 25.2. The molecular formula is C48H38Cl10F3N3O10S. The van der Waals surface area contributed by atoms with E-state index in [0.717, 1.165) is 12.1 Å². The molecule has 0 aromatic heterocycles. The van der Waals surface area contributed by atoms with Gasteiger partial charge in [0.2, 0.25) is 9.23 Å². The highest BCUT2D eigenvalue weighted by atomic mass is 36.0. The van der Waals surface area contributed by atoms with Gasteiger partial charge in [0.1, 0.15) is 46.0 Å². The van der Waals surface area contributed by atoms with Gasteiger partial charge in [-0.2, -0.15) is 0 Å². The normalized spacial score (nSPS) is 9.63. The third-order valence-corrected chi connectivity index (χ3v) is 10.2. The van der Waals surface area contributed by atoms with Gasteiger partial charge in [0, 0.05) is 41.5 Å². The van der Waals surface area contributed by atoms with E-state index >= 15 is 0 Å². The number of hydrogen-bond acceptors (Lipinski definition) is 10. The van der Waals surface area contributed by atoms with Crippen LogP contribution in [0, 0.1) is 17.5 Å². The Labute approximate surface area is 478 Å². The Bertz CT molecular complexity index is 2950. The minimum absolute atomic E-state index is 0. The summed E-state index contributed by atoms with van der Waals surface area (Å²) in [5.41, 5.74) is 6.04. The predicted molar refractivity (Wildman–Crippen MR) is 297 cm³/mol. The van der Waals surface area contributed by atoms with Crippen LogP contribution >= 0.6 is 114 Å². The molecule has 0 spiro atoms. The number of benzene rings is 7. The van der Waals surface area contributed by atoms with Crippen molar-refractivity contribution in [3.05, 3.63) is 202 Å². The number of rotatable bonds is 6. The fourth-order valence-corrected chi connectivity index (χ4v) is 6.22. The molecule has 0 aliphatic heterocycles. The zero-order valence-electron chi connectivity index (χ0n) is 35.8. The molecule has 0 heterocycles. The van der Waals surface area contributed by atoms with Crippen LogP contribution in [0.25, 0.3) is 0 Å². The Balaban J connectivity index is 0.000000915. The number of carbonyl (C=O) groups is 4. The zero-order chi connectivity index (χ0) is 55.3. The van der Waals surface area contributed by atoms with E-state index in [1.807, 2.05) is 0 Å². The molecule has 7 rings (SSSR count). The van der Waals surface area contributed by atoms with Crippen LogP contribution in [0.4, 0.5) is 30.2 Å². The molecule has 9 N–H and O–H groups in total. The smallest absolute Gasteiger partial charge is 0.339 e. The van der Waals surface area contributed by atoms with Crippen molar-refractivity contribution in [1.82, 2.24) is 0 Å². The monoisotopic (exact) mass is 1250 g/mol. The molecule has 13 nitrogen and oxygen atoms in total. The van der Waals surface area contributed by atoms with E-state index in [9.17, 15) is 42.6 Å². The van der Waals surface area contributed by atoms with E-state index in [0.29, 0.717) is 25.8 Å². The number of halogens is 13. The number of phenolic OH excluding ortho intramolecular Hbond substituents is 3. The number of aromatic carboxylic acids is 1. The quantitative estimate of drug-likeness (QED) is 0.0576. The van der Waals surface area contributed by atoms with Gasteiger partial charge in [-0.25, -0.2) is 22.2 Å². The molecule has 2 amide bonds. The Morgan fingerprint density at radius 3 is 1.00 bits per heavy atom. The maximum absolute atomic E-state index is 12.9. The molecule has 7 aromatic rings. The summed E-state index contributed by atoms with van der Waals surface area (Å²) in [6.07, 6.45) is 0. The molecule has 0 aliphatic carbocycles. The van der Waals surface area contributed by atoms with Gasteiger partial charge in [-0.05, 0) is 139 Å². The van der Waals surface area contributed by atoms with Gasteiger partial charge < -0.3 is 41.9 Å². The molecular weight excluding hydrogens is 1220 g/mol. The van der Waals surface area contributed by atoms with Gasteiger partial charge in [-0.15, -0.1) is 0 Å². The molecule has 402 valence electrons. The summed E-state index contributed by atoms with van der Waals surface area (Å²) in [6, 6.07) is 27.2. The second-order valence-corrected chi connectivity index (χ2v) is 19.1. The van der Waals surface area contributed by atoms with Gasteiger partial charge in [0.25, 0.3) is 17.1 Å². The van der Waals surface area contributed by atoms with Crippen molar-refractivity contribution in [3.8, 4) is 23.0 Å². The van der Waals surface area contributed by atoms with Crippen molar-refractivity contribution < 1.29 is 62.1 Å². The average molecular weight is 1260 g/mol. The van der Waals surface area contributed by atoms with E-state index in [1.165, 1.54) is 115 Å². The van der Waals surface area contributed by atoms with Crippen LogP contribution in [0.3, 0.4) is 0 Å². The van der Waals surface area contributed by atoms with E-state index in [2.05, 4.69) is 32.0 Å². The number of phenols is 4. The lowest BCUT2D eigenvalue weighted by Gasteiger charge is -2.08. The first kappa shape index (κ1) is 69.5. The van der Waals surface area contributed by atoms with Crippen molar-refractivity contribution in [2.45, 2.75) is 14.9 Å². The van der Waals surface area contributed by atoms with Gasteiger partial charge in [0.05, 0.1) is 48.8 Å². The number of nitrogens with one attached hydrogen (secondary N) is 2. The number of nitrogens with two attached hydrogens (primary N) is 1. The SMILES string of the molecule is C.C.Nc1ccc(F)cc1Cl.O=C(Cl)c1cc(Cl)ccc1O.O=C(Nc1ccc(F)cc1Cl)c1cc(Cl)ccc1O.O=C(Nc1ccc(F)cc1Cl)c1cc(Cl)ccc1O.O=C(O)c1cc(Cl)ccc1O.O=S(Cl)Cl. The molecule has 0 radical (unpaired) electrons. The van der Waals surface area contributed by atoms with Crippen molar-refractivity contribution in [2.75, 3.05) is 16.4 Å². The van der Waals surface area contributed by atoms with Crippen LogP contribution in [0.15, 0.2) is 127 Å². The fourth-order valence-electron chi connectivity index (χ4n) is 4.79. The average Bonchev–Trinajstić information content (AvgIpc) is 3.30. The molecule has 0 unspecified atom stereocenters. The van der Waals surface area contributed by atoms with Crippen LogP contribution in [-0.2, 0) is 9.23 Å². The minimum Gasteiger partial charge on any atom is -0.507 e. The third-order valence-electron chi connectivity index (χ3n) is 8.09. The van der Waals surface area contributed by atoms with E-state index in [1.54, 1.807) is 0 Å². The molecule has 0 saturated carbocycles. The Kier molecular flexibility index (Phi) is 31.7. The lowest BCUT2D eigenvalue weighted by atomic mass is 10.2. The molecule has 0 atom stereocenters. The number of nitrogen functional groups attached to an aromatic ring is 1. The summed E-state index contributed by atoms with van der Waals surface area (Å²) < 4.78 is 47.0. The molecule has 75 heavy (non-hydrogen) atoms. The predicted octanol–water partition coefficient (Wildman–Crippen LogP) is 16.7. The summed E-state index contributed by atoms with van der Waals surface area (Å²) in [5.74, 6) is -4.60. The van der Waals surface area contributed by atoms with Crippen molar-refractivity contribution in [3.63, 3.8) is 0 Å². The Morgan fingerprint density at radius 1 is 0.453 bits per heavy atom. The zero-order valence-corrected chi connectivity index (χ0v) is 44.2. The second-order valence-electron chi connectivity index (χ2n) is 13.2. The first-order chi connectivity index (χ1) is 34.1. The first-order valence-electron chi connectivity index (χ1n) is 18.9. The van der Waals surface area contributed by atoms with Crippen LogP contribution < -0.4 is 16.4 Å². The van der Waals surface area contributed by atoms with Gasteiger partial charge >= 0.3 is 5.97 Å². The lowest BCUT2D eigenvalue weighted by molar-refractivity contribution is 0.0693. The summed E-state index contributed by atoms with van der Waals surface area (Å²) in [5, 5.41) is 51.5. The van der Waals surface area contributed by atoms with Gasteiger partial charge in [0.15, 0.2) is 0 Å². The van der Waals surface area contributed by atoms with Gasteiger partial charge in [-0.3, -0.25) is 14.4 Å². The topological polar surface area (TPSA) is 237 Å². The van der Waals surface area contributed by atoms with Crippen LogP contribution in [0.2, 0.25) is 35.2 Å². The van der Waals surface area contributed by atoms with Crippen LogP contribution in [0.5, 0.6) is 23.0 Å². The fraction of sp³-hybridized carbons (Fsp3) is 0.0417. The number of aromatic hydroxyl groups is 4. The standard InChI is InChI=1S/2C13H8Cl2FNO2.C7H4Cl2O2.C7H5ClO3.C6H5ClFN.2CH4.Cl2OS/c2*14-7-1-4-12(18)9(5-7)13(19)17-11-3-2-8(16)6-10(11)15;8-4-1-2-6(10)5(3-4)7(9)11;8-4-1-2-6(9)5(3-4)7(10)11;7-5-3-4(8)1-2-6(5)9;;;1-4(2)3/h2*1-6,18H,(H,17,19);1-3,10H;1-3,9H,(H,10,11);1-3H,9H2;2*1H4;. The molecule has 0 saturated heterocycles. The Morgan fingerprint density at radius 2 is 0.733 bits per heavy atom. The summed E-state index contributed by atoms with van der Waals surface area (Å²) >= 11 is 44.7. The minimum atomic E-state index is -1.67. The van der Waals surface area contributed by atoms with Crippen LogP contribution in [0.1, 0.15) is 56.3 Å². The Hall–Kier alpha value is -5.54. The molecule has 7 aromatic carbocycles.